The second kappa shape index (κ2) is 5.11. The number of amides is 1. The lowest BCUT2D eigenvalue weighted by atomic mass is 9.72. The van der Waals surface area contributed by atoms with Gasteiger partial charge >= 0.3 is 0 Å². The highest BCUT2D eigenvalue weighted by molar-refractivity contribution is 5.88. The number of benzene rings is 1. The molecule has 1 heterocycles. The van der Waals surface area contributed by atoms with Crippen LogP contribution in [-0.2, 0) is 10.2 Å². The first-order valence-electron chi connectivity index (χ1n) is 6.33. The molecule has 1 aromatic carbocycles. The number of likely N-dealkylation sites (tertiary alicyclic amines) is 1. The molecule has 0 aliphatic carbocycles. The fraction of sp³-hybridized carbons (Fsp3) is 0.467. The van der Waals surface area contributed by atoms with Crippen LogP contribution in [-0.4, -0.2) is 42.9 Å². The molecule has 0 atom stereocenters. The minimum absolute atomic E-state index is 0.182. The Kier molecular flexibility index (Phi) is 3.71. The highest BCUT2D eigenvalue weighted by Crippen LogP contribution is 2.36. The van der Waals surface area contributed by atoms with Crippen LogP contribution in [0.4, 0.5) is 0 Å². The molecule has 1 amide bonds. The van der Waals surface area contributed by atoms with Crippen LogP contribution in [0.3, 0.4) is 0 Å². The Bertz CT molecular complexity index is 406. The molecule has 2 radical (unpaired) electrons. The van der Waals surface area contributed by atoms with Gasteiger partial charge in [0.05, 0.1) is 5.41 Å². The van der Waals surface area contributed by atoms with Crippen LogP contribution in [0.2, 0.25) is 0 Å². The van der Waals surface area contributed by atoms with E-state index in [2.05, 4.69) is 0 Å². The summed E-state index contributed by atoms with van der Waals surface area (Å²) >= 11 is 0. The zero-order valence-electron chi connectivity index (χ0n) is 11.1. The van der Waals surface area contributed by atoms with Gasteiger partial charge in [0, 0.05) is 21.1 Å². The van der Waals surface area contributed by atoms with Gasteiger partial charge in [0.2, 0.25) is 5.91 Å². The maximum Gasteiger partial charge on any atom is 0.232 e. The molecule has 0 bridgehead atoms. The van der Waals surface area contributed by atoms with E-state index in [1.165, 1.54) is 0 Å². The maximum absolute atomic E-state index is 12.6. The quantitative estimate of drug-likeness (QED) is 0.791. The van der Waals surface area contributed by atoms with Crippen LogP contribution in [0.15, 0.2) is 30.3 Å². The normalized spacial score (nSPS) is 19.5. The number of likely N-dealkylation sites (N-methyl/N-ethyl adjacent to an activating group) is 1. The second-order valence-electron chi connectivity index (χ2n) is 5.18. The Morgan fingerprint density at radius 1 is 1.22 bits per heavy atom. The van der Waals surface area contributed by atoms with Gasteiger partial charge in [0.25, 0.3) is 0 Å². The van der Waals surface area contributed by atoms with E-state index in [1.54, 1.807) is 9.80 Å². The molecule has 3 nitrogen and oxygen atoms in total. The van der Waals surface area contributed by atoms with Crippen molar-refractivity contribution in [2.24, 2.45) is 0 Å². The van der Waals surface area contributed by atoms with E-state index in [0.29, 0.717) is 0 Å². The number of rotatable bonds is 2. The summed E-state index contributed by atoms with van der Waals surface area (Å²) < 4.78 is 0. The smallest absolute Gasteiger partial charge is 0.232 e. The zero-order valence-corrected chi connectivity index (χ0v) is 11.1. The summed E-state index contributed by atoms with van der Waals surface area (Å²) in [6.07, 6.45) is 1.56. The highest BCUT2D eigenvalue weighted by atomic mass is 16.2. The van der Waals surface area contributed by atoms with Crippen molar-refractivity contribution in [3.8, 4) is 0 Å². The second-order valence-corrected chi connectivity index (χ2v) is 5.18. The molecule has 0 spiro atoms. The maximum atomic E-state index is 12.6. The van der Waals surface area contributed by atoms with Gasteiger partial charge in [-0.15, -0.1) is 0 Å². The summed E-state index contributed by atoms with van der Waals surface area (Å²) in [5.74, 6) is 0.182. The Balaban J connectivity index is 2.38. The number of piperidine rings is 1. The number of carbonyl (C=O) groups excluding carboxylic acids is 1. The van der Waals surface area contributed by atoms with E-state index < -0.39 is 5.41 Å². The van der Waals surface area contributed by atoms with Crippen molar-refractivity contribution in [1.82, 2.24) is 9.80 Å². The third-order valence-corrected chi connectivity index (χ3v) is 3.79. The van der Waals surface area contributed by atoms with Crippen molar-refractivity contribution in [2.45, 2.75) is 18.3 Å². The summed E-state index contributed by atoms with van der Waals surface area (Å²) in [6.45, 7) is 1.52. The highest BCUT2D eigenvalue weighted by Gasteiger charge is 2.43. The predicted molar refractivity (Wildman–Crippen MR) is 71.9 cm³/mol. The van der Waals surface area contributed by atoms with E-state index in [0.717, 1.165) is 31.5 Å². The first-order chi connectivity index (χ1) is 8.56. The van der Waals surface area contributed by atoms with Crippen molar-refractivity contribution in [1.29, 1.82) is 0 Å². The Hall–Kier alpha value is -1.35. The standard InChI is InChI=1S/C15H20N2O/c1-16(2)14(18)15(9-11-17(3)12-10-15)13-7-5-4-6-8-13/h3-8H,9-12H2,1-2H3. The van der Waals surface area contributed by atoms with Crippen molar-refractivity contribution in [3.05, 3.63) is 42.9 Å². The topological polar surface area (TPSA) is 23.6 Å². The first-order valence-corrected chi connectivity index (χ1v) is 6.33. The molecule has 0 aromatic heterocycles. The van der Waals surface area contributed by atoms with E-state index in [1.807, 2.05) is 44.4 Å². The third kappa shape index (κ3) is 2.27. The Morgan fingerprint density at radius 3 is 2.28 bits per heavy atom. The van der Waals surface area contributed by atoms with Gasteiger partial charge in [-0.2, -0.15) is 0 Å². The third-order valence-electron chi connectivity index (χ3n) is 3.79. The van der Waals surface area contributed by atoms with Crippen molar-refractivity contribution >= 4 is 5.91 Å². The molecule has 0 unspecified atom stereocenters. The summed E-state index contributed by atoms with van der Waals surface area (Å²) in [7, 11) is 9.46. The molecule has 1 saturated heterocycles. The number of hydrogen-bond acceptors (Lipinski definition) is 2. The van der Waals surface area contributed by atoms with Gasteiger partial charge in [-0.25, -0.2) is 0 Å². The fourth-order valence-electron chi connectivity index (χ4n) is 2.72. The van der Waals surface area contributed by atoms with Gasteiger partial charge in [-0.1, -0.05) is 30.3 Å². The molecule has 18 heavy (non-hydrogen) atoms. The summed E-state index contributed by atoms with van der Waals surface area (Å²) in [5.41, 5.74) is 0.706. The molecule has 2 rings (SSSR count). The minimum Gasteiger partial charge on any atom is -0.348 e. The van der Waals surface area contributed by atoms with Crippen LogP contribution in [0.5, 0.6) is 0 Å². The number of hydrogen-bond donors (Lipinski definition) is 0. The van der Waals surface area contributed by atoms with Gasteiger partial charge in [0.15, 0.2) is 0 Å². The lowest BCUT2D eigenvalue weighted by molar-refractivity contribution is -0.136. The number of carbonyl (C=O) groups is 1. The predicted octanol–water partition coefficient (Wildman–Crippen LogP) is 1.78. The molecule has 1 fully saturated rings. The van der Waals surface area contributed by atoms with E-state index >= 15 is 0 Å². The Morgan fingerprint density at radius 2 is 1.78 bits per heavy atom. The summed E-state index contributed by atoms with van der Waals surface area (Å²) in [6, 6.07) is 10.1. The van der Waals surface area contributed by atoms with Gasteiger partial charge in [-0.05, 0) is 31.5 Å². The van der Waals surface area contributed by atoms with Gasteiger partial charge in [-0.3, -0.25) is 9.69 Å². The summed E-state index contributed by atoms with van der Waals surface area (Å²) in [5, 5.41) is 0. The van der Waals surface area contributed by atoms with Crippen LogP contribution < -0.4 is 0 Å². The summed E-state index contributed by atoms with van der Waals surface area (Å²) in [4.78, 5) is 16.1. The average Bonchev–Trinajstić information content (AvgIpc) is 2.40. The molecule has 0 saturated carbocycles. The van der Waals surface area contributed by atoms with Crippen molar-refractivity contribution < 1.29 is 4.79 Å². The monoisotopic (exact) mass is 244 g/mol. The zero-order chi connectivity index (χ0) is 13.2. The fourth-order valence-corrected chi connectivity index (χ4v) is 2.72. The average molecular weight is 244 g/mol. The lowest BCUT2D eigenvalue weighted by Crippen LogP contribution is -2.50. The van der Waals surface area contributed by atoms with Crippen molar-refractivity contribution in [3.63, 3.8) is 0 Å². The molecule has 96 valence electrons. The van der Waals surface area contributed by atoms with E-state index in [4.69, 9.17) is 7.05 Å². The molecule has 1 aliphatic heterocycles. The SMILES string of the molecule is [CH]N1CCC(C(=O)N(C)C)(c2ccccc2)CC1. The van der Waals surface area contributed by atoms with Crippen molar-refractivity contribution in [2.75, 3.05) is 27.2 Å². The number of nitrogens with zero attached hydrogens (tertiary/aromatic N) is 2. The first kappa shape index (κ1) is 13.1. The molecule has 1 aliphatic rings. The molecule has 3 heteroatoms. The molecule has 0 N–H and O–H groups in total. The van der Waals surface area contributed by atoms with Gasteiger partial charge < -0.3 is 4.90 Å². The molecular weight excluding hydrogens is 224 g/mol. The van der Waals surface area contributed by atoms with Crippen LogP contribution >= 0.6 is 0 Å². The van der Waals surface area contributed by atoms with Crippen LogP contribution in [0.25, 0.3) is 0 Å². The Labute approximate surface area is 109 Å². The minimum atomic E-state index is -0.402. The van der Waals surface area contributed by atoms with E-state index in [-0.39, 0.29) is 5.91 Å². The molecule has 1 aromatic rings. The van der Waals surface area contributed by atoms with Gasteiger partial charge in [0.1, 0.15) is 0 Å². The van der Waals surface area contributed by atoms with E-state index in [9.17, 15) is 4.79 Å². The van der Waals surface area contributed by atoms with Crippen LogP contribution in [0.1, 0.15) is 18.4 Å². The lowest BCUT2D eigenvalue weighted by Gasteiger charge is -2.41. The largest absolute Gasteiger partial charge is 0.348 e. The molecular formula is C15H20N2O. The van der Waals surface area contributed by atoms with Crippen LogP contribution in [0, 0.1) is 7.05 Å².